The molecular weight excluding hydrogens is 296 g/mol. The molecule has 1 heterocycles. The predicted molar refractivity (Wildman–Crippen MR) is 91.2 cm³/mol. The molecule has 0 spiro atoms. The van der Waals surface area contributed by atoms with Gasteiger partial charge in [0.2, 0.25) is 4.77 Å². The van der Waals surface area contributed by atoms with Crippen molar-refractivity contribution in [3.8, 4) is 5.75 Å². The summed E-state index contributed by atoms with van der Waals surface area (Å²) in [6.07, 6.45) is 5.75. The first kappa shape index (κ1) is 16.4. The SMILES string of the molecule is CCCCOc1ccccc1/C=N/n1c(CCC)n[nH]c1=S. The van der Waals surface area contributed by atoms with E-state index < -0.39 is 0 Å². The van der Waals surface area contributed by atoms with E-state index in [9.17, 15) is 0 Å². The number of H-pyrrole nitrogens is 1. The van der Waals surface area contributed by atoms with E-state index in [1.54, 1.807) is 10.9 Å². The van der Waals surface area contributed by atoms with Gasteiger partial charge in [-0.05, 0) is 37.2 Å². The zero-order valence-corrected chi connectivity index (χ0v) is 13.9. The third kappa shape index (κ3) is 4.27. The van der Waals surface area contributed by atoms with Crippen LogP contribution in [0.5, 0.6) is 5.75 Å². The number of nitrogens with one attached hydrogen (secondary N) is 1. The minimum absolute atomic E-state index is 0.504. The molecule has 1 N–H and O–H groups in total. The summed E-state index contributed by atoms with van der Waals surface area (Å²) in [6.45, 7) is 4.96. The fourth-order valence-corrected chi connectivity index (χ4v) is 2.19. The highest BCUT2D eigenvalue weighted by Crippen LogP contribution is 2.16. The van der Waals surface area contributed by atoms with Crippen molar-refractivity contribution >= 4 is 18.4 Å². The summed E-state index contributed by atoms with van der Waals surface area (Å²) in [6, 6.07) is 7.87. The van der Waals surface area contributed by atoms with E-state index in [2.05, 4.69) is 29.1 Å². The second-order valence-electron chi connectivity index (χ2n) is 4.99. The van der Waals surface area contributed by atoms with Crippen molar-refractivity contribution in [1.82, 2.24) is 14.9 Å². The molecule has 0 aliphatic heterocycles. The van der Waals surface area contributed by atoms with Gasteiger partial charge in [-0.1, -0.05) is 32.4 Å². The Kier molecular flexibility index (Phi) is 6.33. The third-order valence-corrected chi connectivity index (χ3v) is 3.44. The number of rotatable bonds is 8. The van der Waals surface area contributed by atoms with Crippen LogP contribution in [-0.2, 0) is 6.42 Å². The molecule has 0 aliphatic rings. The topological polar surface area (TPSA) is 55.2 Å². The maximum absolute atomic E-state index is 5.81. The van der Waals surface area contributed by atoms with Gasteiger partial charge in [0.05, 0.1) is 12.8 Å². The van der Waals surface area contributed by atoms with Crippen molar-refractivity contribution in [3.63, 3.8) is 0 Å². The molecule has 0 aliphatic carbocycles. The van der Waals surface area contributed by atoms with Gasteiger partial charge in [0, 0.05) is 12.0 Å². The van der Waals surface area contributed by atoms with Crippen molar-refractivity contribution in [3.05, 3.63) is 40.4 Å². The van der Waals surface area contributed by atoms with Crippen LogP contribution < -0.4 is 4.74 Å². The summed E-state index contributed by atoms with van der Waals surface area (Å²) in [4.78, 5) is 0. The Balaban J connectivity index is 2.20. The number of benzene rings is 1. The lowest BCUT2D eigenvalue weighted by molar-refractivity contribution is 0.309. The highest BCUT2D eigenvalue weighted by Gasteiger charge is 2.04. The van der Waals surface area contributed by atoms with Crippen LogP contribution in [0.15, 0.2) is 29.4 Å². The second kappa shape index (κ2) is 8.48. The lowest BCUT2D eigenvalue weighted by atomic mass is 10.2. The van der Waals surface area contributed by atoms with Crippen LogP contribution in [0.1, 0.15) is 44.5 Å². The van der Waals surface area contributed by atoms with E-state index in [4.69, 9.17) is 17.0 Å². The third-order valence-electron chi connectivity index (χ3n) is 3.18. The standard InChI is InChI=1S/C16H22N4OS/c1-3-5-11-21-14-10-7-6-9-13(14)12-17-20-15(8-4-2)18-19-16(20)22/h6-7,9-10,12H,3-5,8,11H2,1-2H3,(H,19,22)/b17-12+. The van der Waals surface area contributed by atoms with E-state index in [0.717, 1.165) is 42.8 Å². The summed E-state index contributed by atoms with van der Waals surface area (Å²) < 4.78 is 7.98. The number of nitrogens with zero attached hydrogens (tertiary/aromatic N) is 3. The molecule has 0 saturated carbocycles. The summed E-state index contributed by atoms with van der Waals surface area (Å²) in [5, 5.41) is 11.4. The van der Waals surface area contributed by atoms with Crippen LogP contribution in [0.25, 0.3) is 0 Å². The van der Waals surface area contributed by atoms with Gasteiger partial charge in [0.1, 0.15) is 5.75 Å². The van der Waals surface area contributed by atoms with Crippen molar-refractivity contribution in [1.29, 1.82) is 0 Å². The lowest BCUT2D eigenvalue weighted by Crippen LogP contribution is -2.01. The van der Waals surface area contributed by atoms with Gasteiger partial charge in [-0.25, -0.2) is 0 Å². The Labute approximate surface area is 136 Å². The zero-order chi connectivity index (χ0) is 15.8. The molecule has 2 rings (SSSR count). The lowest BCUT2D eigenvalue weighted by Gasteiger charge is -2.08. The van der Waals surface area contributed by atoms with Gasteiger partial charge in [0.25, 0.3) is 0 Å². The molecular formula is C16H22N4OS. The molecule has 6 heteroatoms. The Morgan fingerprint density at radius 3 is 2.91 bits per heavy atom. The van der Waals surface area contributed by atoms with Gasteiger partial charge in [-0.15, -0.1) is 0 Å². The molecule has 5 nitrogen and oxygen atoms in total. The minimum atomic E-state index is 0.504. The number of unbranched alkanes of at least 4 members (excludes halogenated alkanes) is 1. The number of hydrogen-bond acceptors (Lipinski definition) is 4. The van der Waals surface area contributed by atoms with Crippen molar-refractivity contribution < 1.29 is 4.74 Å². The van der Waals surface area contributed by atoms with E-state index in [0.29, 0.717) is 11.4 Å². The molecule has 0 unspecified atom stereocenters. The van der Waals surface area contributed by atoms with Gasteiger partial charge >= 0.3 is 0 Å². The Hall–Kier alpha value is -1.95. The number of hydrogen-bond donors (Lipinski definition) is 1. The first-order valence-corrected chi connectivity index (χ1v) is 8.09. The minimum Gasteiger partial charge on any atom is -0.493 e. The molecule has 0 amide bonds. The van der Waals surface area contributed by atoms with Crippen LogP contribution in [-0.4, -0.2) is 27.7 Å². The Bertz CT molecular complexity index is 675. The predicted octanol–water partition coefficient (Wildman–Crippen LogP) is 3.95. The summed E-state index contributed by atoms with van der Waals surface area (Å²) in [5.74, 6) is 1.68. The first-order valence-electron chi connectivity index (χ1n) is 7.68. The summed E-state index contributed by atoms with van der Waals surface area (Å²) in [7, 11) is 0. The molecule has 0 radical (unpaired) electrons. The van der Waals surface area contributed by atoms with Crippen LogP contribution in [0.2, 0.25) is 0 Å². The monoisotopic (exact) mass is 318 g/mol. The van der Waals surface area contributed by atoms with E-state index in [1.165, 1.54) is 0 Å². The molecule has 0 atom stereocenters. The van der Waals surface area contributed by atoms with Gasteiger partial charge < -0.3 is 4.74 Å². The normalized spacial score (nSPS) is 11.2. The molecule has 0 saturated heterocycles. The highest BCUT2D eigenvalue weighted by molar-refractivity contribution is 7.71. The van der Waals surface area contributed by atoms with Crippen molar-refractivity contribution in [2.75, 3.05) is 6.61 Å². The van der Waals surface area contributed by atoms with Gasteiger partial charge in [-0.2, -0.15) is 14.9 Å². The van der Waals surface area contributed by atoms with Gasteiger partial charge in [0.15, 0.2) is 5.82 Å². The smallest absolute Gasteiger partial charge is 0.216 e. The number of ether oxygens (including phenoxy) is 1. The molecule has 1 aromatic carbocycles. The summed E-state index contributed by atoms with van der Waals surface area (Å²) in [5.41, 5.74) is 0.934. The second-order valence-corrected chi connectivity index (χ2v) is 5.38. The Morgan fingerprint density at radius 1 is 1.32 bits per heavy atom. The average Bonchev–Trinajstić information content (AvgIpc) is 2.87. The fourth-order valence-electron chi connectivity index (χ4n) is 1.99. The number of aromatic amines is 1. The highest BCUT2D eigenvalue weighted by atomic mass is 32.1. The Morgan fingerprint density at radius 2 is 2.14 bits per heavy atom. The average molecular weight is 318 g/mol. The fraction of sp³-hybridized carbons (Fsp3) is 0.438. The maximum atomic E-state index is 5.81. The van der Waals surface area contributed by atoms with Crippen LogP contribution >= 0.6 is 12.2 Å². The first-order chi connectivity index (χ1) is 10.8. The van der Waals surface area contributed by atoms with E-state index >= 15 is 0 Å². The van der Waals surface area contributed by atoms with Crippen LogP contribution in [0.4, 0.5) is 0 Å². The van der Waals surface area contributed by atoms with Crippen LogP contribution in [0.3, 0.4) is 0 Å². The summed E-state index contributed by atoms with van der Waals surface area (Å²) >= 11 is 5.22. The molecule has 22 heavy (non-hydrogen) atoms. The van der Waals surface area contributed by atoms with Crippen LogP contribution in [0, 0.1) is 4.77 Å². The van der Waals surface area contributed by atoms with Crippen molar-refractivity contribution in [2.45, 2.75) is 39.5 Å². The van der Waals surface area contributed by atoms with Crippen molar-refractivity contribution in [2.24, 2.45) is 5.10 Å². The molecule has 0 fully saturated rings. The largest absolute Gasteiger partial charge is 0.493 e. The number of aromatic nitrogens is 3. The number of para-hydroxylation sites is 1. The molecule has 1 aromatic heterocycles. The molecule has 0 bridgehead atoms. The molecule has 2 aromatic rings. The molecule has 118 valence electrons. The zero-order valence-electron chi connectivity index (χ0n) is 13.1. The maximum Gasteiger partial charge on any atom is 0.216 e. The number of aryl methyl sites for hydroxylation is 1. The van der Waals surface area contributed by atoms with E-state index in [1.807, 2.05) is 24.3 Å². The quantitative estimate of drug-likeness (QED) is 0.455. The van der Waals surface area contributed by atoms with Gasteiger partial charge in [-0.3, -0.25) is 5.10 Å². The van der Waals surface area contributed by atoms with E-state index in [-0.39, 0.29) is 0 Å².